The first-order valence-corrected chi connectivity index (χ1v) is 9.00. The number of carbonyl (C=O) groups excluding carboxylic acids is 3. The zero-order valence-corrected chi connectivity index (χ0v) is 16.1. The minimum absolute atomic E-state index is 0.293. The summed E-state index contributed by atoms with van der Waals surface area (Å²) in [7, 11) is 1.91. The van der Waals surface area contributed by atoms with E-state index in [1.807, 2.05) is 66.2 Å². The average molecular weight is 378 g/mol. The van der Waals surface area contributed by atoms with Crippen LogP contribution in [0.25, 0.3) is 22.2 Å². The molecule has 3 rings (SSSR count). The second kappa shape index (κ2) is 8.08. The number of ether oxygens (including phenoxy) is 1. The molecule has 144 valence electrons. The van der Waals surface area contributed by atoms with Crippen molar-refractivity contribution < 1.29 is 19.1 Å². The lowest BCUT2D eigenvalue weighted by atomic mass is 10.0. The third-order valence-electron chi connectivity index (χ3n) is 4.55. The van der Waals surface area contributed by atoms with E-state index in [0.29, 0.717) is 5.56 Å². The Balaban J connectivity index is 1.95. The van der Waals surface area contributed by atoms with E-state index in [4.69, 9.17) is 4.74 Å². The van der Waals surface area contributed by atoms with Gasteiger partial charge in [-0.15, -0.1) is 0 Å². The van der Waals surface area contributed by atoms with Gasteiger partial charge in [0.05, 0.1) is 11.3 Å². The normalized spacial score (nSPS) is 11.8. The smallest absolute Gasteiger partial charge is 0.328 e. The monoisotopic (exact) mass is 378 g/mol. The van der Waals surface area contributed by atoms with Crippen LogP contribution in [-0.4, -0.2) is 34.9 Å². The van der Waals surface area contributed by atoms with Crippen LogP contribution in [0.2, 0.25) is 0 Å². The molecule has 0 aliphatic carbocycles. The van der Waals surface area contributed by atoms with Crippen LogP contribution in [0.5, 0.6) is 0 Å². The molecule has 1 N–H and O–H groups in total. The van der Waals surface area contributed by atoms with Gasteiger partial charge < -0.3 is 14.6 Å². The Morgan fingerprint density at radius 1 is 1.04 bits per heavy atom. The third kappa shape index (κ3) is 3.81. The van der Waals surface area contributed by atoms with Gasteiger partial charge in [0, 0.05) is 24.9 Å². The summed E-state index contributed by atoms with van der Waals surface area (Å²) in [5, 5.41) is 3.25. The summed E-state index contributed by atoms with van der Waals surface area (Å²) < 4.78 is 7.13. The second-order valence-electron chi connectivity index (χ2n) is 6.62. The lowest BCUT2D eigenvalue weighted by molar-refractivity contribution is -0.146. The van der Waals surface area contributed by atoms with Crippen molar-refractivity contribution in [1.82, 2.24) is 9.88 Å². The van der Waals surface area contributed by atoms with Crippen molar-refractivity contribution in [3.05, 3.63) is 60.2 Å². The van der Waals surface area contributed by atoms with Gasteiger partial charge in [-0.05, 0) is 18.6 Å². The number of nitrogens with zero attached hydrogens (tertiary/aromatic N) is 1. The fourth-order valence-corrected chi connectivity index (χ4v) is 3.31. The van der Waals surface area contributed by atoms with E-state index in [1.54, 1.807) is 0 Å². The molecule has 2 aromatic carbocycles. The molecule has 6 nitrogen and oxygen atoms in total. The molecule has 1 atom stereocenters. The molecule has 0 saturated carbocycles. The summed E-state index contributed by atoms with van der Waals surface area (Å²) in [6.07, 6.45) is 0. The minimum Gasteiger partial charge on any atom is -0.456 e. The maximum absolute atomic E-state index is 13.0. The van der Waals surface area contributed by atoms with E-state index in [-0.39, 0.29) is 11.7 Å². The number of carbonyl (C=O) groups is 3. The first-order chi connectivity index (χ1) is 13.4. The Labute approximate surface area is 163 Å². The number of nitrogens with one attached hydrogen (secondary N) is 1. The van der Waals surface area contributed by atoms with Crippen molar-refractivity contribution in [2.24, 2.45) is 7.05 Å². The number of benzene rings is 2. The number of esters is 1. The van der Waals surface area contributed by atoms with Gasteiger partial charge in [-0.1, -0.05) is 48.5 Å². The van der Waals surface area contributed by atoms with Gasteiger partial charge in [-0.3, -0.25) is 9.59 Å². The molecule has 1 aromatic heterocycles. The van der Waals surface area contributed by atoms with E-state index in [1.165, 1.54) is 13.8 Å². The molecule has 1 amide bonds. The summed E-state index contributed by atoms with van der Waals surface area (Å²) in [6.45, 7) is 2.44. The molecule has 0 spiro atoms. The fourth-order valence-electron chi connectivity index (χ4n) is 3.31. The molecule has 6 heteroatoms. The quantitative estimate of drug-likeness (QED) is 0.528. The number of hydrogen-bond donors (Lipinski definition) is 1. The maximum atomic E-state index is 13.0. The van der Waals surface area contributed by atoms with Gasteiger partial charge >= 0.3 is 5.97 Å². The van der Waals surface area contributed by atoms with Gasteiger partial charge in [-0.2, -0.15) is 0 Å². The number of amides is 1. The SMILES string of the molecule is CC(=O)N[C@@H](C)C(=O)OCC(=O)c1c(-c2ccccc2)n(C)c2ccccc12. The standard InChI is InChI=1S/C22H22N2O4/c1-14(23-15(2)25)22(27)28-13-19(26)20-17-11-7-8-12-18(17)24(3)21(20)16-9-5-4-6-10-16/h4-12,14H,13H2,1-3H3,(H,23,25)/t14-/m0/s1. The van der Waals surface area contributed by atoms with Gasteiger partial charge in [0.15, 0.2) is 6.61 Å². The fraction of sp³-hybridized carbons (Fsp3) is 0.227. The highest BCUT2D eigenvalue weighted by molar-refractivity contribution is 6.14. The topological polar surface area (TPSA) is 77.4 Å². The largest absolute Gasteiger partial charge is 0.456 e. The van der Waals surface area contributed by atoms with Crippen LogP contribution >= 0.6 is 0 Å². The Kier molecular flexibility index (Phi) is 5.59. The molecule has 1 heterocycles. The van der Waals surface area contributed by atoms with Crippen LogP contribution in [0.4, 0.5) is 0 Å². The van der Waals surface area contributed by atoms with E-state index in [9.17, 15) is 14.4 Å². The summed E-state index contributed by atoms with van der Waals surface area (Å²) in [5.41, 5.74) is 3.12. The van der Waals surface area contributed by atoms with Crippen molar-refractivity contribution in [2.45, 2.75) is 19.9 Å². The van der Waals surface area contributed by atoms with Crippen molar-refractivity contribution in [3.8, 4) is 11.3 Å². The summed E-state index contributed by atoms with van der Waals surface area (Å²) in [5.74, 6) is -1.28. The number of hydrogen-bond acceptors (Lipinski definition) is 4. The Morgan fingerprint density at radius 2 is 1.68 bits per heavy atom. The molecule has 3 aromatic rings. The summed E-state index contributed by atoms with van der Waals surface area (Å²) in [4.78, 5) is 36.2. The molecular formula is C22H22N2O4. The van der Waals surface area contributed by atoms with Crippen LogP contribution in [-0.2, 0) is 21.4 Å². The Morgan fingerprint density at radius 3 is 2.36 bits per heavy atom. The first-order valence-electron chi connectivity index (χ1n) is 9.00. The summed E-state index contributed by atoms with van der Waals surface area (Å²) >= 11 is 0. The van der Waals surface area contributed by atoms with E-state index >= 15 is 0 Å². The minimum atomic E-state index is -0.814. The molecule has 0 radical (unpaired) electrons. The predicted molar refractivity (Wildman–Crippen MR) is 107 cm³/mol. The highest BCUT2D eigenvalue weighted by Crippen LogP contribution is 2.33. The lowest BCUT2D eigenvalue weighted by Crippen LogP contribution is -2.38. The molecule has 0 aliphatic rings. The molecule has 0 fully saturated rings. The number of rotatable bonds is 6. The van der Waals surface area contributed by atoms with Crippen LogP contribution in [0.3, 0.4) is 0 Å². The van der Waals surface area contributed by atoms with Crippen LogP contribution in [0.1, 0.15) is 24.2 Å². The van der Waals surface area contributed by atoms with Gasteiger partial charge in [0.25, 0.3) is 0 Å². The van der Waals surface area contributed by atoms with E-state index in [2.05, 4.69) is 5.32 Å². The number of fused-ring (bicyclic) bond motifs is 1. The van der Waals surface area contributed by atoms with E-state index in [0.717, 1.165) is 22.2 Å². The first kappa shape index (κ1) is 19.4. The number of Topliss-reactive ketones (excluding diaryl/α,β-unsaturated/α-hetero) is 1. The third-order valence-corrected chi connectivity index (χ3v) is 4.55. The highest BCUT2D eigenvalue weighted by atomic mass is 16.5. The number of aryl methyl sites for hydroxylation is 1. The van der Waals surface area contributed by atoms with Crippen LogP contribution in [0.15, 0.2) is 54.6 Å². The highest BCUT2D eigenvalue weighted by Gasteiger charge is 2.24. The number of para-hydroxylation sites is 1. The van der Waals surface area contributed by atoms with Crippen molar-refractivity contribution in [3.63, 3.8) is 0 Å². The molecule has 0 unspecified atom stereocenters. The number of ketones is 1. The van der Waals surface area contributed by atoms with Gasteiger partial charge in [0.2, 0.25) is 11.7 Å². The van der Waals surface area contributed by atoms with Gasteiger partial charge in [0.1, 0.15) is 6.04 Å². The zero-order chi connectivity index (χ0) is 20.3. The number of aromatic nitrogens is 1. The Hall–Kier alpha value is -3.41. The molecule has 0 saturated heterocycles. The molecule has 0 aliphatic heterocycles. The molecular weight excluding hydrogens is 356 g/mol. The Bertz CT molecular complexity index is 1040. The maximum Gasteiger partial charge on any atom is 0.328 e. The second-order valence-corrected chi connectivity index (χ2v) is 6.62. The van der Waals surface area contributed by atoms with Crippen LogP contribution in [0, 0.1) is 0 Å². The van der Waals surface area contributed by atoms with Gasteiger partial charge in [-0.25, -0.2) is 4.79 Å². The zero-order valence-electron chi connectivity index (χ0n) is 16.1. The average Bonchev–Trinajstić information content (AvgIpc) is 2.99. The predicted octanol–water partition coefficient (Wildman–Crippen LogP) is 3.10. The lowest BCUT2D eigenvalue weighted by Gasteiger charge is -2.12. The van der Waals surface area contributed by atoms with Crippen molar-refractivity contribution >= 4 is 28.6 Å². The van der Waals surface area contributed by atoms with E-state index < -0.39 is 18.6 Å². The summed E-state index contributed by atoms with van der Waals surface area (Å²) in [6, 6.07) is 16.4. The molecule has 28 heavy (non-hydrogen) atoms. The van der Waals surface area contributed by atoms with Crippen molar-refractivity contribution in [2.75, 3.05) is 6.61 Å². The van der Waals surface area contributed by atoms with Crippen molar-refractivity contribution in [1.29, 1.82) is 0 Å². The van der Waals surface area contributed by atoms with Crippen LogP contribution < -0.4 is 5.32 Å². The molecule has 0 bridgehead atoms.